The number of rotatable bonds is 7. The van der Waals surface area contributed by atoms with Crippen molar-refractivity contribution < 1.29 is 14.6 Å². The summed E-state index contributed by atoms with van der Waals surface area (Å²) in [6.45, 7) is 0.383. The molecule has 2 aromatic rings. The van der Waals surface area contributed by atoms with E-state index < -0.39 is 6.10 Å². The monoisotopic (exact) mass is 288 g/mol. The molecule has 0 unspecified atom stereocenters. The number of para-hydroxylation sites is 1. The minimum absolute atomic E-state index is 0.0235. The third-order valence-corrected chi connectivity index (χ3v) is 3.18. The SMILES string of the molecule is Cn1cccc1[C@H](O)CCNC(=O)COc1ccccc1. The third kappa shape index (κ3) is 4.65. The molecule has 0 radical (unpaired) electrons. The molecule has 0 aliphatic rings. The van der Waals surface area contributed by atoms with Crippen LogP contribution in [-0.4, -0.2) is 28.7 Å². The largest absolute Gasteiger partial charge is 0.484 e. The van der Waals surface area contributed by atoms with Crippen LogP contribution in [0.5, 0.6) is 5.75 Å². The number of carbonyl (C=O) groups is 1. The van der Waals surface area contributed by atoms with Crippen LogP contribution in [0.4, 0.5) is 0 Å². The number of benzene rings is 1. The number of nitrogens with one attached hydrogen (secondary N) is 1. The molecule has 2 rings (SSSR count). The number of aliphatic hydroxyl groups is 1. The molecule has 2 N–H and O–H groups in total. The van der Waals surface area contributed by atoms with Gasteiger partial charge in [-0.05, 0) is 30.7 Å². The van der Waals surface area contributed by atoms with Gasteiger partial charge < -0.3 is 19.7 Å². The summed E-state index contributed by atoms with van der Waals surface area (Å²) in [6, 6.07) is 12.9. The van der Waals surface area contributed by atoms with Gasteiger partial charge in [0.15, 0.2) is 6.61 Å². The van der Waals surface area contributed by atoms with Crippen molar-refractivity contribution in [1.29, 1.82) is 0 Å². The van der Waals surface area contributed by atoms with E-state index in [0.717, 1.165) is 5.69 Å². The van der Waals surface area contributed by atoms with Crippen LogP contribution >= 0.6 is 0 Å². The van der Waals surface area contributed by atoms with E-state index in [9.17, 15) is 9.90 Å². The molecule has 1 aromatic heterocycles. The first-order valence-electron chi connectivity index (χ1n) is 6.90. The lowest BCUT2D eigenvalue weighted by Gasteiger charge is -2.12. The number of hydrogen-bond acceptors (Lipinski definition) is 3. The van der Waals surface area contributed by atoms with Crippen molar-refractivity contribution in [2.75, 3.05) is 13.2 Å². The van der Waals surface area contributed by atoms with E-state index in [0.29, 0.717) is 18.7 Å². The van der Waals surface area contributed by atoms with Gasteiger partial charge in [-0.3, -0.25) is 4.79 Å². The van der Waals surface area contributed by atoms with Gasteiger partial charge in [-0.15, -0.1) is 0 Å². The molecule has 5 nitrogen and oxygen atoms in total. The Morgan fingerprint density at radius 3 is 2.71 bits per heavy atom. The molecule has 5 heteroatoms. The van der Waals surface area contributed by atoms with E-state index >= 15 is 0 Å². The summed E-state index contributed by atoms with van der Waals surface area (Å²) < 4.78 is 7.20. The second-order valence-electron chi connectivity index (χ2n) is 4.80. The van der Waals surface area contributed by atoms with Crippen LogP contribution in [0.3, 0.4) is 0 Å². The summed E-state index contributed by atoms with van der Waals surface area (Å²) in [5.74, 6) is 0.467. The molecule has 0 saturated carbocycles. The van der Waals surface area contributed by atoms with Crippen LogP contribution in [0.15, 0.2) is 48.7 Å². The fourth-order valence-corrected chi connectivity index (χ4v) is 2.03. The van der Waals surface area contributed by atoms with E-state index in [2.05, 4.69) is 5.32 Å². The molecule has 1 aromatic carbocycles. The van der Waals surface area contributed by atoms with E-state index in [-0.39, 0.29) is 12.5 Å². The lowest BCUT2D eigenvalue weighted by Crippen LogP contribution is -2.30. The highest BCUT2D eigenvalue weighted by Gasteiger charge is 2.11. The first-order valence-corrected chi connectivity index (χ1v) is 6.90. The Kier molecular flexibility index (Phi) is 5.40. The maximum Gasteiger partial charge on any atom is 0.257 e. The Morgan fingerprint density at radius 2 is 2.05 bits per heavy atom. The van der Waals surface area contributed by atoms with Crippen molar-refractivity contribution >= 4 is 5.91 Å². The average molecular weight is 288 g/mol. The Morgan fingerprint density at radius 1 is 1.29 bits per heavy atom. The maximum atomic E-state index is 11.6. The molecule has 1 atom stereocenters. The van der Waals surface area contributed by atoms with Crippen LogP contribution in [0.1, 0.15) is 18.2 Å². The molecule has 1 heterocycles. The second-order valence-corrected chi connectivity index (χ2v) is 4.80. The van der Waals surface area contributed by atoms with Crippen LogP contribution < -0.4 is 10.1 Å². The second kappa shape index (κ2) is 7.50. The summed E-state index contributed by atoms with van der Waals surface area (Å²) in [5.41, 5.74) is 0.838. The third-order valence-electron chi connectivity index (χ3n) is 3.18. The van der Waals surface area contributed by atoms with Gasteiger partial charge in [0.1, 0.15) is 5.75 Å². The number of aliphatic hydroxyl groups excluding tert-OH is 1. The van der Waals surface area contributed by atoms with Crippen LogP contribution in [0.25, 0.3) is 0 Å². The number of hydrogen-bond donors (Lipinski definition) is 2. The van der Waals surface area contributed by atoms with Gasteiger partial charge in [-0.1, -0.05) is 18.2 Å². The molecule has 0 aliphatic carbocycles. The summed E-state index contributed by atoms with van der Waals surface area (Å²) in [7, 11) is 1.88. The van der Waals surface area contributed by atoms with E-state index in [1.807, 2.05) is 48.1 Å². The Bertz CT molecular complexity index is 566. The van der Waals surface area contributed by atoms with Crippen LogP contribution in [-0.2, 0) is 11.8 Å². The number of amides is 1. The zero-order chi connectivity index (χ0) is 15.1. The van der Waals surface area contributed by atoms with Crippen molar-refractivity contribution in [3.8, 4) is 5.75 Å². The molecule has 1 amide bonds. The zero-order valence-electron chi connectivity index (χ0n) is 12.0. The normalized spacial score (nSPS) is 11.9. The number of nitrogens with zero attached hydrogens (tertiary/aromatic N) is 1. The van der Waals surface area contributed by atoms with Gasteiger partial charge in [-0.25, -0.2) is 0 Å². The van der Waals surface area contributed by atoms with Crippen LogP contribution in [0, 0.1) is 0 Å². The molecule has 0 saturated heterocycles. The predicted molar refractivity (Wildman–Crippen MR) is 79.9 cm³/mol. The first-order chi connectivity index (χ1) is 10.2. The number of ether oxygens (including phenoxy) is 1. The Balaban J connectivity index is 1.66. The smallest absolute Gasteiger partial charge is 0.257 e. The summed E-state index contributed by atoms with van der Waals surface area (Å²) >= 11 is 0. The number of aryl methyl sites for hydroxylation is 1. The number of carbonyl (C=O) groups excluding carboxylic acids is 1. The highest BCUT2D eigenvalue weighted by Crippen LogP contribution is 2.15. The summed E-state index contributed by atoms with van der Waals surface area (Å²) in [4.78, 5) is 11.6. The molecule has 21 heavy (non-hydrogen) atoms. The molecule has 0 spiro atoms. The van der Waals surface area contributed by atoms with Crippen molar-refractivity contribution in [1.82, 2.24) is 9.88 Å². The van der Waals surface area contributed by atoms with E-state index in [1.165, 1.54) is 0 Å². The summed E-state index contributed by atoms with van der Waals surface area (Å²) in [5, 5.41) is 12.7. The van der Waals surface area contributed by atoms with E-state index in [4.69, 9.17) is 4.74 Å². The van der Waals surface area contributed by atoms with Gasteiger partial charge in [0.05, 0.1) is 6.10 Å². The maximum absolute atomic E-state index is 11.6. The number of aromatic nitrogens is 1. The van der Waals surface area contributed by atoms with Crippen molar-refractivity contribution in [2.24, 2.45) is 7.05 Å². The molecule has 0 fully saturated rings. The molecule has 0 aliphatic heterocycles. The Hall–Kier alpha value is -2.27. The van der Waals surface area contributed by atoms with Gasteiger partial charge in [0, 0.05) is 25.5 Å². The molecule has 0 bridgehead atoms. The lowest BCUT2D eigenvalue weighted by molar-refractivity contribution is -0.123. The fraction of sp³-hybridized carbons (Fsp3) is 0.312. The summed E-state index contributed by atoms with van der Waals surface area (Å²) in [6.07, 6.45) is 1.76. The van der Waals surface area contributed by atoms with Crippen molar-refractivity contribution in [3.63, 3.8) is 0 Å². The highest BCUT2D eigenvalue weighted by atomic mass is 16.5. The molecular formula is C16H20N2O3. The molecular weight excluding hydrogens is 268 g/mol. The standard InChI is InChI=1S/C16H20N2O3/c1-18-11-5-8-14(18)15(19)9-10-17-16(20)12-21-13-6-3-2-4-7-13/h2-8,11,15,19H,9-10,12H2,1H3,(H,17,20)/t15-/m1/s1. The highest BCUT2D eigenvalue weighted by molar-refractivity contribution is 5.77. The van der Waals surface area contributed by atoms with Gasteiger partial charge >= 0.3 is 0 Å². The van der Waals surface area contributed by atoms with Crippen molar-refractivity contribution in [3.05, 3.63) is 54.4 Å². The van der Waals surface area contributed by atoms with Crippen molar-refractivity contribution in [2.45, 2.75) is 12.5 Å². The average Bonchev–Trinajstić information content (AvgIpc) is 2.92. The topological polar surface area (TPSA) is 63.5 Å². The minimum Gasteiger partial charge on any atom is -0.484 e. The van der Waals surface area contributed by atoms with Gasteiger partial charge in [0.2, 0.25) is 0 Å². The van der Waals surface area contributed by atoms with Gasteiger partial charge in [-0.2, -0.15) is 0 Å². The Labute approximate surface area is 124 Å². The predicted octanol–water partition coefficient (Wildman–Crippen LogP) is 1.64. The van der Waals surface area contributed by atoms with Crippen LogP contribution in [0.2, 0.25) is 0 Å². The molecule has 112 valence electrons. The quantitative estimate of drug-likeness (QED) is 0.814. The first kappa shape index (κ1) is 15.1. The lowest BCUT2D eigenvalue weighted by atomic mass is 10.2. The minimum atomic E-state index is -0.583. The zero-order valence-corrected chi connectivity index (χ0v) is 12.0. The fourth-order valence-electron chi connectivity index (χ4n) is 2.03. The van der Waals surface area contributed by atoms with E-state index in [1.54, 1.807) is 12.1 Å². The van der Waals surface area contributed by atoms with Gasteiger partial charge in [0.25, 0.3) is 5.91 Å².